The van der Waals surface area contributed by atoms with Crippen LogP contribution in [0.4, 0.5) is 20.6 Å². The summed E-state index contributed by atoms with van der Waals surface area (Å²) in [5.74, 6) is -0.518. The van der Waals surface area contributed by atoms with Gasteiger partial charge in [0.2, 0.25) is 5.78 Å². The molecule has 0 saturated heterocycles. The van der Waals surface area contributed by atoms with Crippen molar-refractivity contribution < 1.29 is 18.7 Å². The second-order valence-electron chi connectivity index (χ2n) is 6.77. The summed E-state index contributed by atoms with van der Waals surface area (Å²) in [4.78, 5) is 36.8. The van der Waals surface area contributed by atoms with E-state index in [0.29, 0.717) is 27.7 Å². The number of hydrogen-bond donors (Lipinski definition) is 2. The highest BCUT2D eigenvalue weighted by molar-refractivity contribution is 7.11. The van der Waals surface area contributed by atoms with Crippen LogP contribution in [0.25, 0.3) is 17.0 Å². The first kappa shape index (κ1) is 20.4. The predicted molar refractivity (Wildman–Crippen MR) is 114 cm³/mol. The fourth-order valence-corrected chi connectivity index (χ4v) is 3.28. The monoisotopic (exact) mass is 440 g/mol. The van der Waals surface area contributed by atoms with Crippen LogP contribution in [0.15, 0.2) is 48.5 Å². The molecule has 0 radical (unpaired) electrons. The van der Waals surface area contributed by atoms with Gasteiger partial charge in [0.15, 0.2) is 0 Å². The topological polar surface area (TPSA) is 111 Å². The van der Waals surface area contributed by atoms with Gasteiger partial charge in [-0.3, -0.25) is 19.5 Å². The molecule has 0 saturated carbocycles. The third kappa shape index (κ3) is 4.67. The van der Waals surface area contributed by atoms with Gasteiger partial charge in [0.25, 0.3) is 5.91 Å². The van der Waals surface area contributed by atoms with Crippen molar-refractivity contribution in [3.8, 4) is 11.3 Å². The fourth-order valence-electron chi connectivity index (χ4n) is 2.76. The lowest BCUT2D eigenvalue weighted by molar-refractivity contribution is 0.103. The van der Waals surface area contributed by atoms with Gasteiger partial charge in [0.05, 0.1) is 35.4 Å². The molecule has 2 N–H and O–H groups in total. The number of nitrogens with one attached hydrogen (secondary N) is 2. The first-order valence-electron chi connectivity index (χ1n) is 9.21. The van der Waals surface area contributed by atoms with Gasteiger partial charge in [0, 0.05) is 23.6 Å². The molecule has 0 fully saturated rings. The molecule has 11 heteroatoms. The van der Waals surface area contributed by atoms with Crippen molar-refractivity contribution in [2.45, 2.75) is 20.0 Å². The standard InChI is InChI=1S/C20H17FN6O3S/c1-11(2)30-20(29)25-13-6-23-19-26-16(9-27(19)8-13)14-5-12(3-4-15(14)21)24-18(28)17-7-22-10-31-17/h3-11H,1-2H3,(H,24,28)(H,25,29). The van der Waals surface area contributed by atoms with Gasteiger partial charge in [-0.15, -0.1) is 11.3 Å². The number of halogens is 1. The summed E-state index contributed by atoms with van der Waals surface area (Å²) < 4.78 is 21.1. The highest BCUT2D eigenvalue weighted by Gasteiger charge is 2.14. The molecular weight excluding hydrogens is 423 g/mol. The molecular formula is C20H17FN6O3S. The van der Waals surface area contributed by atoms with E-state index >= 15 is 0 Å². The zero-order valence-electron chi connectivity index (χ0n) is 16.5. The van der Waals surface area contributed by atoms with Crippen LogP contribution in [0.2, 0.25) is 0 Å². The summed E-state index contributed by atoms with van der Waals surface area (Å²) in [5.41, 5.74) is 2.88. The molecule has 0 unspecified atom stereocenters. The summed E-state index contributed by atoms with van der Waals surface area (Å²) in [6, 6.07) is 4.22. The number of thiazole rings is 1. The molecule has 2 amide bonds. The Morgan fingerprint density at radius 2 is 2.00 bits per heavy atom. The first-order chi connectivity index (χ1) is 14.9. The Bertz CT molecular complexity index is 1260. The van der Waals surface area contributed by atoms with E-state index in [-0.39, 0.29) is 17.6 Å². The van der Waals surface area contributed by atoms with E-state index in [1.807, 2.05) is 0 Å². The van der Waals surface area contributed by atoms with Crippen molar-refractivity contribution >= 4 is 40.5 Å². The number of carbonyl (C=O) groups is 2. The molecule has 0 aliphatic rings. The maximum atomic E-state index is 14.5. The van der Waals surface area contributed by atoms with Gasteiger partial charge < -0.3 is 10.1 Å². The predicted octanol–water partition coefficient (Wildman–Crippen LogP) is 4.20. The molecule has 158 valence electrons. The number of benzene rings is 1. The number of nitrogens with zero attached hydrogens (tertiary/aromatic N) is 4. The molecule has 4 rings (SSSR count). The molecule has 4 aromatic rings. The van der Waals surface area contributed by atoms with Gasteiger partial charge in [0.1, 0.15) is 10.7 Å². The molecule has 0 aliphatic carbocycles. The van der Waals surface area contributed by atoms with E-state index < -0.39 is 11.9 Å². The van der Waals surface area contributed by atoms with E-state index in [1.54, 1.807) is 36.2 Å². The van der Waals surface area contributed by atoms with Crippen molar-refractivity contribution in [2.24, 2.45) is 0 Å². The molecule has 31 heavy (non-hydrogen) atoms. The highest BCUT2D eigenvalue weighted by atomic mass is 32.1. The lowest BCUT2D eigenvalue weighted by Gasteiger charge is -2.09. The van der Waals surface area contributed by atoms with E-state index in [1.165, 1.54) is 41.9 Å². The summed E-state index contributed by atoms with van der Waals surface area (Å²) in [6.45, 7) is 3.48. The second kappa shape index (κ2) is 8.48. The molecule has 0 aliphatic heterocycles. The third-order valence-electron chi connectivity index (χ3n) is 4.06. The summed E-state index contributed by atoms with van der Waals surface area (Å²) in [5, 5.41) is 5.29. The van der Waals surface area contributed by atoms with Gasteiger partial charge in [-0.1, -0.05) is 0 Å². The minimum atomic E-state index is -0.605. The average Bonchev–Trinajstić information content (AvgIpc) is 3.38. The number of aromatic nitrogens is 4. The molecule has 3 heterocycles. The number of anilines is 2. The van der Waals surface area contributed by atoms with Crippen molar-refractivity contribution in [2.75, 3.05) is 10.6 Å². The number of amides is 2. The zero-order chi connectivity index (χ0) is 22.0. The molecule has 1 aromatic carbocycles. The van der Waals surface area contributed by atoms with Crippen LogP contribution >= 0.6 is 11.3 Å². The van der Waals surface area contributed by atoms with E-state index in [9.17, 15) is 14.0 Å². The normalized spacial score (nSPS) is 11.0. The number of hydrogen-bond acceptors (Lipinski definition) is 7. The quantitative estimate of drug-likeness (QED) is 0.481. The van der Waals surface area contributed by atoms with Crippen LogP contribution in [-0.2, 0) is 4.74 Å². The summed E-state index contributed by atoms with van der Waals surface area (Å²) in [6.07, 6.45) is 5.19. The number of fused-ring (bicyclic) bond motifs is 1. The molecule has 0 bridgehead atoms. The van der Waals surface area contributed by atoms with Crippen molar-refractivity contribution in [3.05, 3.63) is 59.2 Å². The maximum Gasteiger partial charge on any atom is 0.411 e. The van der Waals surface area contributed by atoms with E-state index in [2.05, 4.69) is 25.6 Å². The van der Waals surface area contributed by atoms with Crippen LogP contribution < -0.4 is 10.6 Å². The van der Waals surface area contributed by atoms with Gasteiger partial charge >= 0.3 is 6.09 Å². The van der Waals surface area contributed by atoms with Gasteiger partial charge in [-0.25, -0.2) is 19.2 Å². The number of rotatable bonds is 5. The maximum absolute atomic E-state index is 14.5. The van der Waals surface area contributed by atoms with Crippen LogP contribution in [-0.4, -0.2) is 37.5 Å². The Kier molecular flexibility index (Phi) is 5.58. The summed E-state index contributed by atoms with van der Waals surface area (Å²) in [7, 11) is 0. The number of carbonyl (C=O) groups excluding carboxylic acids is 2. The molecule has 0 atom stereocenters. The van der Waals surface area contributed by atoms with Crippen molar-refractivity contribution in [3.63, 3.8) is 0 Å². The van der Waals surface area contributed by atoms with Gasteiger partial charge in [-0.2, -0.15) is 0 Å². The molecule has 0 spiro atoms. The summed E-state index contributed by atoms with van der Waals surface area (Å²) >= 11 is 1.21. The lowest BCUT2D eigenvalue weighted by Crippen LogP contribution is -2.18. The van der Waals surface area contributed by atoms with Crippen LogP contribution in [0.1, 0.15) is 23.5 Å². The van der Waals surface area contributed by atoms with Crippen LogP contribution in [0.3, 0.4) is 0 Å². The number of imidazole rings is 1. The molecule has 3 aromatic heterocycles. The Labute approximate surface area is 179 Å². The Balaban J connectivity index is 1.59. The SMILES string of the molecule is CC(C)OC(=O)Nc1cnc2nc(-c3cc(NC(=O)c4cncs4)ccc3F)cn2c1. The van der Waals surface area contributed by atoms with E-state index in [4.69, 9.17) is 4.74 Å². The third-order valence-corrected chi connectivity index (χ3v) is 4.83. The van der Waals surface area contributed by atoms with E-state index in [0.717, 1.165) is 0 Å². The fraction of sp³-hybridized carbons (Fsp3) is 0.150. The second-order valence-corrected chi connectivity index (χ2v) is 7.66. The Morgan fingerprint density at radius 1 is 1.16 bits per heavy atom. The minimum Gasteiger partial charge on any atom is -0.447 e. The van der Waals surface area contributed by atoms with Crippen molar-refractivity contribution in [1.29, 1.82) is 0 Å². The van der Waals surface area contributed by atoms with Crippen LogP contribution in [0.5, 0.6) is 0 Å². The smallest absolute Gasteiger partial charge is 0.411 e. The average molecular weight is 440 g/mol. The number of ether oxygens (including phenoxy) is 1. The molecule has 9 nitrogen and oxygen atoms in total. The van der Waals surface area contributed by atoms with Gasteiger partial charge in [-0.05, 0) is 32.0 Å². The highest BCUT2D eigenvalue weighted by Crippen LogP contribution is 2.26. The zero-order valence-corrected chi connectivity index (χ0v) is 17.3. The lowest BCUT2D eigenvalue weighted by atomic mass is 10.1. The van der Waals surface area contributed by atoms with Crippen molar-refractivity contribution in [1.82, 2.24) is 19.4 Å². The largest absolute Gasteiger partial charge is 0.447 e. The van der Waals surface area contributed by atoms with Crippen LogP contribution in [0, 0.1) is 5.82 Å². The minimum absolute atomic E-state index is 0.196. The first-order valence-corrected chi connectivity index (χ1v) is 10.1. The Morgan fingerprint density at radius 3 is 2.74 bits per heavy atom. The Hall–Kier alpha value is -3.86.